The third-order valence-electron chi connectivity index (χ3n) is 3.23. The Hall–Kier alpha value is -2.29. The van der Waals surface area contributed by atoms with E-state index in [4.69, 9.17) is 4.74 Å². The summed E-state index contributed by atoms with van der Waals surface area (Å²) in [5.74, 6) is 0.176. The molecule has 9 heteroatoms. The fourth-order valence-electron chi connectivity index (χ4n) is 1.98. The summed E-state index contributed by atoms with van der Waals surface area (Å²) in [6.07, 6.45) is -4.41. The first-order valence-corrected chi connectivity index (χ1v) is 8.43. The fourth-order valence-corrected chi connectivity index (χ4v) is 1.98. The van der Waals surface area contributed by atoms with Gasteiger partial charge in [0.1, 0.15) is 0 Å². The van der Waals surface area contributed by atoms with Gasteiger partial charge in [0.2, 0.25) is 0 Å². The molecule has 26 heavy (non-hydrogen) atoms. The number of benzene rings is 1. The summed E-state index contributed by atoms with van der Waals surface area (Å²) >= 11 is 0. The van der Waals surface area contributed by atoms with E-state index >= 15 is 0 Å². The zero-order valence-corrected chi connectivity index (χ0v) is 14.9. The summed E-state index contributed by atoms with van der Waals surface area (Å²) in [6, 6.07) is 4.10. The maximum absolute atomic E-state index is 12.5. The molecule has 0 heterocycles. The monoisotopic (exact) mass is 374 g/mol. The lowest BCUT2D eigenvalue weighted by Gasteiger charge is -2.12. The number of hydrogen-bond donors (Lipinski definition) is 3. The first kappa shape index (κ1) is 21.8. The molecule has 6 nitrogen and oxygen atoms in total. The summed E-state index contributed by atoms with van der Waals surface area (Å²) in [6.45, 7) is 6.94. The number of amides is 1. The quantitative estimate of drug-likeness (QED) is 0.351. The van der Waals surface area contributed by atoms with Crippen LogP contribution in [0.2, 0.25) is 0 Å². The number of aliphatic imine (C=N–C) groups is 1. The van der Waals surface area contributed by atoms with Crippen LogP contribution < -0.4 is 16.0 Å². The van der Waals surface area contributed by atoms with Crippen molar-refractivity contribution in [2.75, 3.05) is 39.4 Å². The predicted molar refractivity (Wildman–Crippen MR) is 94.3 cm³/mol. The zero-order chi connectivity index (χ0) is 19.4. The second-order valence-electron chi connectivity index (χ2n) is 5.22. The van der Waals surface area contributed by atoms with Gasteiger partial charge in [-0.15, -0.1) is 0 Å². The van der Waals surface area contributed by atoms with Crippen molar-refractivity contribution in [3.8, 4) is 0 Å². The minimum absolute atomic E-state index is 0.176. The van der Waals surface area contributed by atoms with Crippen LogP contribution in [0, 0.1) is 0 Å². The second kappa shape index (κ2) is 11.3. The van der Waals surface area contributed by atoms with Crippen LogP contribution in [0.3, 0.4) is 0 Å². The maximum Gasteiger partial charge on any atom is 0.416 e. The molecule has 0 bridgehead atoms. The number of nitrogens with zero attached hydrogens (tertiary/aromatic N) is 1. The summed E-state index contributed by atoms with van der Waals surface area (Å²) in [7, 11) is 0. The highest BCUT2D eigenvalue weighted by atomic mass is 19.4. The van der Waals surface area contributed by atoms with Crippen molar-refractivity contribution >= 4 is 11.9 Å². The molecule has 0 spiro atoms. The minimum atomic E-state index is -4.41. The van der Waals surface area contributed by atoms with E-state index in [2.05, 4.69) is 20.9 Å². The summed E-state index contributed by atoms with van der Waals surface area (Å²) in [4.78, 5) is 16.2. The molecule has 0 unspecified atom stereocenters. The van der Waals surface area contributed by atoms with Gasteiger partial charge in [-0.2, -0.15) is 13.2 Å². The van der Waals surface area contributed by atoms with Crippen LogP contribution in [0.1, 0.15) is 29.8 Å². The minimum Gasteiger partial charge on any atom is -0.380 e. The molecule has 0 aromatic heterocycles. The molecule has 0 radical (unpaired) electrons. The fraction of sp³-hybridized carbons (Fsp3) is 0.529. The van der Waals surface area contributed by atoms with Crippen LogP contribution in [0.4, 0.5) is 13.2 Å². The van der Waals surface area contributed by atoms with Gasteiger partial charge in [-0.1, -0.05) is 0 Å². The number of carbonyl (C=O) groups is 1. The normalized spacial score (nSPS) is 12.0. The number of halogens is 3. The lowest BCUT2D eigenvalue weighted by atomic mass is 10.1. The van der Waals surface area contributed by atoms with Crippen LogP contribution >= 0.6 is 0 Å². The van der Waals surface area contributed by atoms with Crippen molar-refractivity contribution < 1.29 is 22.7 Å². The molecule has 3 N–H and O–H groups in total. The smallest absolute Gasteiger partial charge is 0.380 e. The number of guanidine groups is 1. The topological polar surface area (TPSA) is 74.8 Å². The second-order valence-corrected chi connectivity index (χ2v) is 5.22. The third kappa shape index (κ3) is 8.19. The molecule has 146 valence electrons. The standard InChI is InChI=1S/C17H25F3N4O2/c1-3-21-16(24-11-12-26-4-2)23-10-9-22-15(25)13-5-7-14(8-6-13)17(18,19)20/h5-8H,3-4,9-12H2,1-2H3,(H,22,25)(H2,21,23,24). The number of rotatable bonds is 9. The Morgan fingerprint density at radius 2 is 1.73 bits per heavy atom. The van der Waals surface area contributed by atoms with Gasteiger partial charge in [0.25, 0.3) is 5.91 Å². The van der Waals surface area contributed by atoms with Crippen LogP contribution in [-0.4, -0.2) is 51.3 Å². The molecular formula is C17H25F3N4O2. The van der Waals surface area contributed by atoms with Crippen LogP contribution in [0.5, 0.6) is 0 Å². The van der Waals surface area contributed by atoms with Crippen molar-refractivity contribution in [3.05, 3.63) is 35.4 Å². The van der Waals surface area contributed by atoms with Crippen LogP contribution in [-0.2, 0) is 10.9 Å². The van der Waals surface area contributed by atoms with E-state index in [1.165, 1.54) is 0 Å². The van der Waals surface area contributed by atoms with Crippen molar-refractivity contribution in [1.82, 2.24) is 16.0 Å². The van der Waals surface area contributed by atoms with Gasteiger partial charge >= 0.3 is 6.18 Å². The zero-order valence-electron chi connectivity index (χ0n) is 14.9. The summed E-state index contributed by atoms with van der Waals surface area (Å²) in [5.41, 5.74) is -0.607. The Kier molecular flexibility index (Phi) is 9.50. The van der Waals surface area contributed by atoms with E-state index in [0.29, 0.717) is 45.4 Å². The Labute approximate surface area is 151 Å². The van der Waals surface area contributed by atoms with Gasteiger partial charge in [0, 0.05) is 31.8 Å². The average Bonchev–Trinajstić information content (AvgIpc) is 2.61. The summed E-state index contributed by atoms with van der Waals surface area (Å²) in [5, 5.41) is 8.76. The first-order chi connectivity index (χ1) is 12.4. The van der Waals surface area contributed by atoms with Crippen molar-refractivity contribution in [1.29, 1.82) is 0 Å². The van der Waals surface area contributed by atoms with Gasteiger partial charge in [0.05, 0.1) is 18.7 Å². The van der Waals surface area contributed by atoms with Gasteiger partial charge in [0.15, 0.2) is 5.96 Å². The van der Waals surface area contributed by atoms with E-state index < -0.39 is 17.6 Å². The van der Waals surface area contributed by atoms with E-state index in [0.717, 1.165) is 24.3 Å². The van der Waals surface area contributed by atoms with Crippen molar-refractivity contribution in [3.63, 3.8) is 0 Å². The molecule has 0 aliphatic rings. The van der Waals surface area contributed by atoms with Gasteiger partial charge in [-0.25, -0.2) is 0 Å². The molecule has 0 fully saturated rings. The predicted octanol–water partition coefficient (Wildman–Crippen LogP) is 2.03. The number of carbonyl (C=O) groups excluding carboxylic acids is 1. The maximum atomic E-state index is 12.5. The van der Waals surface area contributed by atoms with Crippen LogP contribution in [0.15, 0.2) is 29.3 Å². The molecule has 0 saturated carbocycles. The van der Waals surface area contributed by atoms with Gasteiger partial charge < -0.3 is 20.7 Å². The SMILES string of the molecule is CCNC(=NCCOCC)NCCNC(=O)c1ccc(C(F)(F)F)cc1. The Morgan fingerprint density at radius 3 is 2.31 bits per heavy atom. The Balaban J connectivity index is 2.40. The highest BCUT2D eigenvalue weighted by molar-refractivity contribution is 5.94. The Bertz CT molecular complexity index is 574. The summed E-state index contributed by atoms with van der Waals surface area (Å²) < 4.78 is 42.7. The third-order valence-corrected chi connectivity index (χ3v) is 3.23. The largest absolute Gasteiger partial charge is 0.416 e. The molecule has 1 rings (SSSR count). The molecule has 0 aliphatic heterocycles. The Morgan fingerprint density at radius 1 is 1.08 bits per heavy atom. The molecule has 1 aromatic rings. The molecule has 0 atom stereocenters. The lowest BCUT2D eigenvalue weighted by molar-refractivity contribution is -0.137. The highest BCUT2D eigenvalue weighted by Gasteiger charge is 2.30. The lowest BCUT2D eigenvalue weighted by Crippen LogP contribution is -2.41. The molecule has 1 aromatic carbocycles. The molecule has 0 saturated heterocycles. The van der Waals surface area contributed by atoms with E-state index in [1.807, 2.05) is 13.8 Å². The van der Waals surface area contributed by atoms with E-state index in [-0.39, 0.29) is 5.56 Å². The molecule has 0 aliphatic carbocycles. The number of hydrogen-bond acceptors (Lipinski definition) is 3. The highest BCUT2D eigenvalue weighted by Crippen LogP contribution is 2.28. The van der Waals surface area contributed by atoms with Crippen molar-refractivity contribution in [2.45, 2.75) is 20.0 Å². The number of alkyl halides is 3. The molecular weight excluding hydrogens is 349 g/mol. The first-order valence-electron chi connectivity index (χ1n) is 8.43. The van der Waals surface area contributed by atoms with E-state index in [9.17, 15) is 18.0 Å². The van der Waals surface area contributed by atoms with Gasteiger partial charge in [-0.05, 0) is 38.1 Å². The van der Waals surface area contributed by atoms with E-state index in [1.54, 1.807) is 0 Å². The number of ether oxygens (including phenoxy) is 1. The van der Waals surface area contributed by atoms with Crippen molar-refractivity contribution in [2.24, 2.45) is 4.99 Å². The van der Waals surface area contributed by atoms with Gasteiger partial charge in [-0.3, -0.25) is 9.79 Å². The number of nitrogens with one attached hydrogen (secondary N) is 3. The molecule has 1 amide bonds. The van der Waals surface area contributed by atoms with Crippen LogP contribution in [0.25, 0.3) is 0 Å². The average molecular weight is 374 g/mol.